The van der Waals surface area contributed by atoms with Gasteiger partial charge in [0, 0.05) is 26.9 Å². The van der Waals surface area contributed by atoms with E-state index in [-0.39, 0.29) is 4.34 Å². The molecule has 1 aromatic carbocycles. The van der Waals surface area contributed by atoms with E-state index in [1.807, 2.05) is 47.8 Å². The molecule has 0 aliphatic carbocycles. The number of aryl methyl sites for hydroxylation is 1. The number of thiazole rings is 1. The summed E-state index contributed by atoms with van der Waals surface area (Å²) in [6.45, 7) is 0.617. The number of anilines is 1. The molecule has 28 heavy (non-hydrogen) atoms. The molecule has 0 amide bonds. The Bertz CT molecular complexity index is 1280. The molecule has 146 valence electrons. The van der Waals surface area contributed by atoms with Crippen molar-refractivity contribution in [3.8, 4) is 5.75 Å². The number of hydrogen-bond donors (Lipinski definition) is 0. The highest BCUT2D eigenvalue weighted by molar-refractivity contribution is 7.92. The van der Waals surface area contributed by atoms with Gasteiger partial charge in [-0.1, -0.05) is 23.5 Å². The maximum Gasteiger partial charge on any atom is 0.211 e. The number of imidazole rings is 1. The van der Waals surface area contributed by atoms with Crippen LogP contribution in [-0.2, 0) is 23.4 Å². The lowest BCUT2D eigenvalue weighted by atomic mass is 10.2. The van der Waals surface area contributed by atoms with Crippen molar-refractivity contribution in [3.05, 3.63) is 36.2 Å². The molecule has 0 saturated heterocycles. The second kappa shape index (κ2) is 6.71. The van der Waals surface area contributed by atoms with Crippen LogP contribution >= 0.6 is 11.3 Å². The quantitative estimate of drug-likeness (QED) is 0.493. The fourth-order valence-electron chi connectivity index (χ4n) is 3.05. The molecule has 8 nitrogen and oxygen atoms in total. The summed E-state index contributed by atoms with van der Waals surface area (Å²) in [5.41, 5.74) is 3.11. The highest BCUT2D eigenvalue weighted by atomic mass is 32.2. The highest BCUT2D eigenvalue weighted by Crippen LogP contribution is 2.34. The molecule has 0 fully saturated rings. The van der Waals surface area contributed by atoms with E-state index in [0.29, 0.717) is 28.2 Å². The van der Waals surface area contributed by atoms with E-state index in [2.05, 4.69) is 9.97 Å². The van der Waals surface area contributed by atoms with Crippen LogP contribution in [0, 0.1) is 0 Å². The topological polar surface area (TPSA) is 90.2 Å². The first-order valence-electron chi connectivity index (χ1n) is 8.43. The molecule has 4 rings (SSSR count). The third-order valence-electron chi connectivity index (χ3n) is 4.43. The molecular formula is C18H19N5O3S2. The number of benzene rings is 1. The number of rotatable bonds is 5. The minimum absolute atomic E-state index is 0.0625. The number of pyridine rings is 1. The van der Waals surface area contributed by atoms with Crippen LogP contribution in [0.2, 0.25) is 0 Å². The van der Waals surface area contributed by atoms with Crippen LogP contribution in [0.3, 0.4) is 0 Å². The first-order chi connectivity index (χ1) is 13.3. The van der Waals surface area contributed by atoms with E-state index in [1.165, 1.54) is 0 Å². The van der Waals surface area contributed by atoms with Crippen LogP contribution in [-0.4, -0.2) is 48.4 Å². The number of aromatic nitrogens is 4. The number of fused-ring (bicyclic) bond motifs is 3. The lowest BCUT2D eigenvalue weighted by molar-refractivity contribution is 0.414. The summed E-state index contributed by atoms with van der Waals surface area (Å²) >= 11 is 1.08. The first kappa shape index (κ1) is 18.6. The molecular weight excluding hydrogens is 398 g/mol. The fourth-order valence-corrected chi connectivity index (χ4v) is 4.82. The summed E-state index contributed by atoms with van der Waals surface area (Å²) in [6.07, 6.45) is 2.85. The van der Waals surface area contributed by atoms with E-state index in [9.17, 15) is 8.42 Å². The molecule has 3 heterocycles. The molecule has 0 aliphatic heterocycles. The lowest BCUT2D eigenvalue weighted by Gasteiger charge is -2.19. The second-order valence-electron chi connectivity index (χ2n) is 6.60. The Balaban J connectivity index is 1.82. The zero-order valence-electron chi connectivity index (χ0n) is 15.9. The number of hydrogen-bond acceptors (Lipinski definition) is 8. The van der Waals surface area contributed by atoms with Crippen molar-refractivity contribution in [2.75, 3.05) is 25.3 Å². The molecule has 10 heteroatoms. The number of nitrogens with zero attached hydrogens (tertiary/aromatic N) is 5. The maximum absolute atomic E-state index is 12.0. The third-order valence-corrected chi connectivity index (χ3v) is 7.06. The van der Waals surface area contributed by atoms with E-state index in [4.69, 9.17) is 9.72 Å². The van der Waals surface area contributed by atoms with Crippen molar-refractivity contribution in [1.29, 1.82) is 0 Å². The van der Waals surface area contributed by atoms with Gasteiger partial charge in [0.05, 0.1) is 13.4 Å². The van der Waals surface area contributed by atoms with Crippen molar-refractivity contribution >= 4 is 48.4 Å². The predicted octanol–water partition coefficient (Wildman–Crippen LogP) is 2.63. The first-order valence-corrected chi connectivity index (χ1v) is 11.1. The Morgan fingerprint density at radius 2 is 1.89 bits per heavy atom. The van der Waals surface area contributed by atoms with Crippen LogP contribution in [0.5, 0.6) is 5.75 Å². The molecule has 0 bridgehead atoms. The van der Waals surface area contributed by atoms with Crippen molar-refractivity contribution in [1.82, 2.24) is 19.5 Å². The maximum atomic E-state index is 12.0. The Hall–Kier alpha value is -2.72. The average Bonchev–Trinajstić information content (AvgIpc) is 3.25. The largest absolute Gasteiger partial charge is 0.497 e. The predicted molar refractivity (Wildman–Crippen MR) is 110 cm³/mol. The molecule has 4 aromatic rings. The molecule has 0 spiro atoms. The van der Waals surface area contributed by atoms with E-state index in [1.54, 1.807) is 13.4 Å². The normalized spacial score (nSPS) is 12.0. The van der Waals surface area contributed by atoms with Gasteiger partial charge < -0.3 is 14.2 Å². The average molecular weight is 418 g/mol. The Morgan fingerprint density at radius 3 is 2.54 bits per heavy atom. The van der Waals surface area contributed by atoms with Gasteiger partial charge in [0.25, 0.3) is 0 Å². The summed E-state index contributed by atoms with van der Waals surface area (Å²) in [6, 6.07) is 7.82. The van der Waals surface area contributed by atoms with Crippen molar-refractivity contribution < 1.29 is 13.2 Å². The summed E-state index contributed by atoms with van der Waals surface area (Å²) < 4.78 is 31.0. The van der Waals surface area contributed by atoms with Gasteiger partial charge in [-0.15, -0.1) is 0 Å². The summed E-state index contributed by atoms with van der Waals surface area (Å²) in [4.78, 5) is 16.1. The summed E-state index contributed by atoms with van der Waals surface area (Å²) in [7, 11) is 2.03. The van der Waals surface area contributed by atoms with Gasteiger partial charge in [0.1, 0.15) is 27.1 Å². The minimum atomic E-state index is -3.41. The Labute approximate surface area is 166 Å². The molecule has 3 aromatic heterocycles. The van der Waals surface area contributed by atoms with Gasteiger partial charge in [-0.3, -0.25) is 0 Å². The molecule has 0 unspecified atom stereocenters. The van der Waals surface area contributed by atoms with Gasteiger partial charge in [-0.2, -0.15) is 0 Å². The van der Waals surface area contributed by atoms with Crippen LogP contribution in [0.15, 0.2) is 34.9 Å². The monoisotopic (exact) mass is 417 g/mol. The molecule has 0 N–H and O–H groups in total. The van der Waals surface area contributed by atoms with Crippen molar-refractivity contribution in [2.45, 2.75) is 10.9 Å². The van der Waals surface area contributed by atoms with E-state index in [0.717, 1.165) is 34.4 Å². The Morgan fingerprint density at radius 1 is 1.18 bits per heavy atom. The van der Waals surface area contributed by atoms with Crippen molar-refractivity contribution in [3.63, 3.8) is 0 Å². The van der Waals surface area contributed by atoms with Crippen LogP contribution in [0.4, 0.5) is 5.82 Å². The number of ether oxygens (including phenoxy) is 1. The Kier molecular flexibility index (Phi) is 4.47. The highest BCUT2D eigenvalue weighted by Gasteiger charge is 2.22. The minimum Gasteiger partial charge on any atom is -0.497 e. The lowest BCUT2D eigenvalue weighted by Crippen LogP contribution is -2.18. The van der Waals surface area contributed by atoms with Crippen molar-refractivity contribution in [2.24, 2.45) is 7.05 Å². The smallest absolute Gasteiger partial charge is 0.211 e. The van der Waals surface area contributed by atoms with E-state index < -0.39 is 9.84 Å². The third kappa shape index (κ3) is 3.18. The van der Waals surface area contributed by atoms with Gasteiger partial charge in [0.2, 0.25) is 14.2 Å². The van der Waals surface area contributed by atoms with E-state index >= 15 is 0 Å². The molecule has 0 atom stereocenters. The molecule has 0 saturated carbocycles. The molecule has 0 radical (unpaired) electrons. The molecule has 0 aliphatic rings. The van der Waals surface area contributed by atoms with Crippen LogP contribution in [0.25, 0.3) is 21.4 Å². The SMILES string of the molecule is COc1ccc(CN(C)c2nc3sc(S(C)(=O)=O)nc3c3c2ncn3C)cc1. The van der Waals surface area contributed by atoms with Gasteiger partial charge in [-0.05, 0) is 17.7 Å². The zero-order valence-corrected chi connectivity index (χ0v) is 17.5. The van der Waals surface area contributed by atoms with Gasteiger partial charge >= 0.3 is 0 Å². The zero-order chi connectivity index (χ0) is 20.1. The number of sulfone groups is 1. The van der Waals surface area contributed by atoms with Gasteiger partial charge in [-0.25, -0.2) is 23.4 Å². The standard InChI is InChI=1S/C18H19N5O3S2/c1-22(9-11-5-7-12(26-3)8-6-11)16-13-15(23(2)10-19-13)14-17(21-16)27-18(20-14)28(4,24)25/h5-8,10H,9H2,1-4H3. The fraction of sp³-hybridized carbons (Fsp3) is 0.278. The summed E-state index contributed by atoms with van der Waals surface area (Å²) in [5.74, 6) is 1.48. The number of methoxy groups -OCH3 is 1. The second-order valence-corrected chi connectivity index (χ2v) is 9.76. The van der Waals surface area contributed by atoms with Crippen LogP contribution < -0.4 is 9.64 Å². The van der Waals surface area contributed by atoms with Gasteiger partial charge in [0.15, 0.2) is 5.82 Å². The van der Waals surface area contributed by atoms with Crippen LogP contribution in [0.1, 0.15) is 5.56 Å². The summed E-state index contributed by atoms with van der Waals surface area (Å²) in [5, 5.41) is 0.